The third-order valence-corrected chi connectivity index (χ3v) is 1.95. The lowest BCUT2D eigenvalue weighted by Crippen LogP contribution is -2.29. The average Bonchev–Trinajstić information content (AvgIpc) is 2.28. The molecule has 0 bridgehead atoms. The number of nitrogens with one attached hydrogen (secondary N) is 1. The van der Waals surface area contributed by atoms with Gasteiger partial charge in [0.1, 0.15) is 0 Å². The quantitative estimate of drug-likeness (QED) is 0.353. The largest absolute Gasteiger partial charge is 0.316 e. The normalized spacial score (nSPS) is 10.0. The molecule has 0 fully saturated rings. The molecule has 0 aliphatic rings. The van der Waals surface area contributed by atoms with Crippen molar-refractivity contribution in [1.29, 1.82) is 0 Å². The van der Waals surface area contributed by atoms with E-state index in [2.05, 4.69) is 29.1 Å². The van der Waals surface area contributed by atoms with Crippen molar-refractivity contribution in [3.63, 3.8) is 0 Å². The molecule has 0 unspecified atom stereocenters. The Balaban J connectivity index is 0. The van der Waals surface area contributed by atoms with Gasteiger partial charge in [-0.25, -0.2) is 4.89 Å². The fourth-order valence-electron chi connectivity index (χ4n) is 1.11. The van der Waals surface area contributed by atoms with Gasteiger partial charge in [-0.05, 0) is 33.0 Å². The smallest absolute Gasteiger partial charge is 0.0820 e. The van der Waals surface area contributed by atoms with E-state index in [4.69, 9.17) is 5.26 Å². The molecule has 2 N–H and O–H groups in total. The molecular formula is C11H28N2O2. The van der Waals surface area contributed by atoms with Crippen molar-refractivity contribution < 1.29 is 10.1 Å². The van der Waals surface area contributed by atoms with Gasteiger partial charge in [0.15, 0.2) is 0 Å². The number of likely N-dealkylation sites (N-methyl/N-ethyl adjacent to an activating group) is 2. The van der Waals surface area contributed by atoms with Crippen LogP contribution in [0.2, 0.25) is 0 Å². The van der Waals surface area contributed by atoms with Crippen LogP contribution in [0.5, 0.6) is 0 Å². The Kier molecular flexibility index (Phi) is 18.7. The molecule has 0 aliphatic heterocycles. The second-order valence-corrected chi connectivity index (χ2v) is 3.20. The standard InChI is InChI=1S/C9H22N2O2.C2H6/c1-3-10-6-8-11(2)7-4-5-9-13-12;1-2/h10,12H,3-9H2,1-2H3;1-2H3. The number of rotatable bonds is 9. The average molecular weight is 220 g/mol. The molecule has 15 heavy (non-hydrogen) atoms. The van der Waals surface area contributed by atoms with Crippen molar-refractivity contribution in [2.45, 2.75) is 33.6 Å². The second kappa shape index (κ2) is 16.3. The summed E-state index contributed by atoms with van der Waals surface area (Å²) in [4.78, 5) is 6.27. The Hall–Kier alpha value is -0.160. The van der Waals surface area contributed by atoms with Crippen LogP contribution in [0.15, 0.2) is 0 Å². The van der Waals surface area contributed by atoms with E-state index in [9.17, 15) is 0 Å². The van der Waals surface area contributed by atoms with Crippen molar-refractivity contribution in [3.8, 4) is 0 Å². The van der Waals surface area contributed by atoms with E-state index in [1.165, 1.54) is 0 Å². The summed E-state index contributed by atoms with van der Waals surface area (Å²) in [5, 5.41) is 11.4. The first-order chi connectivity index (χ1) is 7.31. The molecule has 0 rings (SSSR count). The van der Waals surface area contributed by atoms with Crippen LogP contribution in [-0.4, -0.2) is 50.0 Å². The predicted molar refractivity (Wildman–Crippen MR) is 65.2 cm³/mol. The van der Waals surface area contributed by atoms with Crippen LogP contribution >= 0.6 is 0 Å². The van der Waals surface area contributed by atoms with E-state index in [0.717, 1.165) is 39.0 Å². The van der Waals surface area contributed by atoms with Gasteiger partial charge in [-0.3, -0.25) is 5.26 Å². The molecule has 0 saturated carbocycles. The lowest BCUT2D eigenvalue weighted by atomic mass is 10.3. The van der Waals surface area contributed by atoms with Crippen molar-refractivity contribution in [2.75, 3.05) is 39.8 Å². The molecule has 94 valence electrons. The minimum absolute atomic E-state index is 0.445. The first kappa shape index (κ1) is 17.2. The van der Waals surface area contributed by atoms with Gasteiger partial charge < -0.3 is 10.2 Å². The van der Waals surface area contributed by atoms with E-state index in [1.807, 2.05) is 13.8 Å². The first-order valence-electron chi connectivity index (χ1n) is 5.97. The van der Waals surface area contributed by atoms with Gasteiger partial charge in [-0.1, -0.05) is 20.8 Å². The van der Waals surface area contributed by atoms with Gasteiger partial charge in [-0.2, -0.15) is 0 Å². The van der Waals surface area contributed by atoms with E-state index in [1.54, 1.807) is 0 Å². The van der Waals surface area contributed by atoms with Crippen molar-refractivity contribution in [2.24, 2.45) is 0 Å². The Morgan fingerprint density at radius 1 is 1.20 bits per heavy atom. The highest BCUT2D eigenvalue weighted by Crippen LogP contribution is 1.92. The SMILES string of the molecule is CC.CCNCCN(C)CCCCOO. The maximum atomic E-state index is 8.08. The van der Waals surface area contributed by atoms with Crippen LogP contribution in [-0.2, 0) is 4.89 Å². The number of nitrogens with zero attached hydrogens (tertiary/aromatic N) is 1. The van der Waals surface area contributed by atoms with Crippen LogP contribution < -0.4 is 5.32 Å². The van der Waals surface area contributed by atoms with Gasteiger partial charge in [0.05, 0.1) is 6.61 Å². The number of hydrogen-bond acceptors (Lipinski definition) is 4. The van der Waals surface area contributed by atoms with Gasteiger partial charge in [0.25, 0.3) is 0 Å². The highest BCUT2D eigenvalue weighted by atomic mass is 17.1. The molecule has 0 spiro atoms. The first-order valence-corrected chi connectivity index (χ1v) is 5.97. The van der Waals surface area contributed by atoms with Crippen molar-refractivity contribution in [3.05, 3.63) is 0 Å². The van der Waals surface area contributed by atoms with Crippen molar-refractivity contribution in [1.82, 2.24) is 10.2 Å². The summed E-state index contributed by atoms with van der Waals surface area (Å²) in [5.74, 6) is 0. The fraction of sp³-hybridized carbons (Fsp3) is 1.00. The molecule has 0 aromatic rings. The molecule has 0 radical (unpaired) electrons. The fourth-order valence-corrected chi connectivity index (χ4v) is 1.11. The molecule has 0 atom stereocenters. The van der Waals surface area contributed by atoms with E-state index in [-0.39, 0.29) is 0 Å². The zero-order valence-electron chi connectivity index (χ0n) is 10.8. The van der Waals surface area contributed by atoms with Gasteiger partial charge >= 0.3 is 0 Å². The molecular weight excluding hydrogens is 192 g/mol. The maximum Gasteiger partial charge on any atom is 0.0820 e. The number of unbranched alkanes of at least 4 members (excludes halogenated alkanes) is 1. The van der Waals surface area contributed by atoms with Gasteiger partial charge in [0.2, 0.25) is 0 Å². The topological polar surface area (TPSA) is 44.7 Å². The molecule has 0 aromatic heterocycles. The summed E-state index contributed by atoms with van der Waals surface area (Å²) in [6.45, 7) is 10.8. The minimum atomic E-state index is 0.445. The van der Waals surface area contributed by atoms with Crippen molar-refractivity contribution >= 4 is 0 Å². The summed E-state index contributed by atoms with van der Waals surface area (Å²) < 4.78 is 0. The third-order valence-electron chi connectivity index (χ3n) is 1.95. The van der Waals surface area contributed by atoms with Crippen LogP contribution in [0.1, 0.15) is 33.6 Å². The molecule has 0 amide bonds. The van der Waals surface area contributed by atoms with Gasteiger partial charge in [-0.15, -0.1) is 0 Å². The minimum Gasteiger partial charge on any atom is -0.316 e. The predicted octanol–water partition coefficient (Wildman–Crippen LogP) is 1.82. The summed E-state index contributed by atoms with van der Waals surface area (Å²) >= 11 is 0. The lowest BCUT2D eigenvalue weighted by molar-refractivity contribution is -0.242. The molecule has 4 heteroatoms. The third kappa shape index (κ3) is 16.5. The Labute approximate surface area is 94.5 Å². The van der Waals surface area contributed by atoms with Crippen LogP contribution in [0.25, 0.3) is 0 Å². The zero-order valence-corrected chi connectivity index (χ0v) is 10.8. The van der Waals surface area contributed by atoms with Crippen LogP contribution in [0, 0.1) is 0 Å². The monoisotopic (exact) mass is 220 g/mol. The molecule has 0 heterocycles. The Morgan fingerprint density at radius 3 is 2.40 bits per heavy atom. The Morgan fingerprint density at radius 2 is 1.87 bits per heavy atom. The summed E-state index contributed by atoms with van der Waals surface area (Å²) in [7, 11) is 2.11. The molecule has 0 saturated heterocycles. The molecule has 4 nitrogen and oxygen atoms in total. The zero-order chi connectivity index (χ0) is 11.9. The highest BCUT2D eigenvalue weighted by Gasteiger charge is 1.96. The second-order valence-electron chi connectivity index (χ2n) is 3.20. The lowest BCUT2D eigenvalue weighted by Gasteiger charge is -2.16. The van der Waals surface area contributed by atoms with Crippen LogP contribution in [0.3, 0.4) is 0 Å². The van der Waals surface area contributed by atoms with E-state index in [0.29, 0.717) is 6.61 Å². The van der Waals surface area contributed by atoms with E-state index < -0.39 is 0 Å². The maximum absolute atomic E-state index is 8.08. The Bertz CT molecular complexity index is 103. The van der Waals surface area contributed by atoms with Crippen LogP contribution in [0.4, 0.5) is 0 Å². The van der Waals surface area contributed by atoms with E-state index >= 15 is 0 Å². The highest BCUT2D eigenvalue weighted by molar-refractivity contribution is 4.53. The van der Waals surface area contributed by atoms with Gasteiger partial charge in [0, 0.05) is 13.1 Å². The number of hydrogen-bond donors (Lipinski definition) is 2. The summed E-state index contributed by atoms with van der Waals surface area (Å²) in [6.07, 6.45) is 1.99. The molecule has 0 aliphatic carbocycles. The summed E-state index contributed by atoms with van der Waals surface area (Å²) in [5.41, 5.74) is 0. The summed E-state index contributed by atoms with van der Waals surface area (Å²) in [6, 6.07) is 0. The molecule has 0 aromatic carbocycles.